The van der Waals surface area contributed by atoms with E-state index < -0.39 is 5.97 Å². The Morgan fingerprint density at radius 1 is 1.23 bits per heavy atom. The lowest BCUT2D eigenvalue weighted by Crippen LogP contribution is -2.44. The van der Waals surface area contributed by atoms with Gasteiger partial charge in [-0.3, -0.25) is 4.79 Å². The van der Waals surface area contributed by atoms with Crippen LogP contribution < -0.4 is 0 Å². The molecule has 1 aliphatic rings. The number of piperidine rings is 1. The van der Waals surface area contributed by atoms with Crippen molar-refractivity contribution in [2.75, 3.05) is 19.7 Å². The van der Waals surface area contributed by atoms with E-state index in [0.717, 1.165) is 12.5 Å². The van der Waals surface area contributed by atoms with Gasteiger partial charge < -0.3 is 19.8 Å². The van der Waals surface area contributed by atoms with Gasteiger partial charge in [0.2, 0.25) is 0 Å². The fraction of sp³-hybridized carbons (Fsp3) is 0.500. The summed E-state index contributed by atoms with van der Waals surface area (Å²) in [4.78, 5) is 25.7. The second kappa shape index (κ2) is 6.68. The molecule has 1 aliphatic heterocycles. The maximum atomic E-state index is 12.1. The predicted molar refractivity (Wildman–Crippen MR) is 79.6 cm³/mol. The summed E-state index contributed by atoms with van der Waals surface area (Å²) in [6, 6.07) is 3.57. The molecule has 1 heterocycles. The number of ether oxygens (including phenoxy) is 1. The second-order valence-corrected chi connectivity index (χ2v) is 6.02. The van der Waals surface area contributed by atoms with E-state index in [9.17, 15) is 19.8 Å². The normalized spacial score (nSPS) is 21.5. The van der Waals surface area contributed by atoms with Crippen LogP contribution in [0.15, 0.2) is 18.2 Å². The van der Waals surface area contributed by atoms with Crippen molar-refractivity contribution >= 4 is 11.9 Å². The Morgan fingerprint density at radius 3 is 2.45 bits per heavy atom. The number of aromatic hydroxyl groups is 2. The van der Waals surface area contributed by atoms with E-state index in [1.165, 1.54) is 12.1 Å². The molecule has 0 bridgehead atoms. The van der Waals surface area contributed by atoms with Gasteiger partial charge in [-0.25, -0.2) is 4.79 Å². The van der Waals surface area contributed by atoms with Crippen LogP contribution in [-0.4, -0.2) is 46.7 Å². The van der Waals surface area contributed by atoms with Gasteiger partial charge in [0.05, 0.1) is 0 Å². The topological polar surface area (TPSA) is 87.1 Å². The molecule has 2 rings (SSSR count). The average Bonchev–Trinajstić information content (AvgIpc) is 2.43. The van der Waals surface area contributed by atoms with E-state index >= 15 is 0 Å². The highest BCUT2D eigenvalue weighted by molar-refractivity contribution is 5.94. The fourth-order valence-electron chi connectivity index (χ4n) is 2.86. The molecule has 0 saturated carbocycles. The van der Waals surface area contributed by atoms with E-state index in [2.05, 4.69) is 13.8 Å². The Kier molecular flexibility index (Phi) is 4.90. The summed E-state index contributed by atoms with van der Waals surface area (Å²) < 4.78 is 4.96. The highest BCUT2D eigenvalue weighted by Crippen LogP contribution is 2.24. The van der Waals surface area contributed by atoms with E-state index in [1.54, 1.807) is 4.90 Å². The van der Waals surface area contributed by atoms with Crippen molar-refractivity contribution < 1.29 is 24.5 Å². The minimum Gasteiger partial charge on any atom is -0.508 e. The van der Waals surface area contributed by atoms with Crippen molar-refractivity contribution in [2.24, 2.45) is 11.8 Å². The molecule has 1 saturated heterocycles. The van der Waals surface area contributed by atoms with Crippen molar-refractivity contribution in [2.45, 2.75) is 20.3 Å². The molecular formula is C16H21NO5. The zero-order chi connectivity index (χ0) is 16.3. The number of phenols is 2. The first-order chi connectivity index (χ1) is 10.4. The minimum absolute atomic E-state index is 0.0778. The van der Waals surface area contributed by atoms with E-state index in [1.807, 2.05) is 0 Å². The summed E-state index contributed by atoms with van der Waals surface area (Å²) in [5.41, 5.74) is -0.0778. The number of phenolic OH excluding ortho intramolecular Hbond substituents is 2. The first-order valence-electron chi connectivity index (χ1n) is 7.33. The molecule has 6 heteroatoms. The summed E-state index contributed by atoms with van der Waals surface area (Å²) in [6.07, 6.45) is 1.09. The Labute approximate surface area is 129 Å². The Hall–Kier alpha value is -2.24. The molecule has 1 amide bonds. The van der Waals surface area contributed by atoms with Crippen LogP contribution in [0.1, 0.15) is 30.6 Å². The highest BCUT2D eigenvalue weighted by atomic mass is 16.5. The number of carbonyl (C=O) groups excluding carboxylic acids is 2. The first-order valence-corrected chi connectivity index (χ1v) is 7.33. The van der Waals surface area contributed by atoms with Crippen molar-refractivity contribution in [1.29, 1.82) is 0 Å². The molecule has 2 unspecified atom stereocenters. The summed E-state index contributed by atoms with van der Waals surface area (Å²) in [7, 11) is 0. The second-order valence-electron chi connectivity index (χ2n) is 6.02. The molecule has 0 aromatic heterocycles. The number of rotatable bonds is 3. The molecule has 1 aromatic carbocycles. The first kappa shape index (κ1) is 16.1. The largest absolute Gasteiger partial charge is 0.508 e. The lowest BCUT2D eigenvalue weighted by molar-refractivity contribution is -0.137. The Bertz CT molecular complexity index is 562. The van der Waals surface area contributed by atoms with Crippen molar-refractivity contribution in [3.05, 3.63) is 23.8 Å². The van der Waals surface area contributed by atoms with Gasteiger partial charge in [-0.05, 0) is 30.4 Å². The van der Waals surface area contributed by atoms with Gasteiger partial charge in [-0.2, -0.15) is 0 Å². The fourth-order valence-corrected chi connectivity index (χ4v) is 2.86. The molecule has 1 aromatic rings. The van der Waals surface area contributed by atoms with Gasteiger partial charge in [0, 0.05) is 19.2 Å². The Balaban J connectivity index is 1.91. The highest BCUT2D eigenvalue weighted by Gasteiger charge is 2.26. The maximum absolute atomic E-state index is 12.1. The molecule has 2 atom stereocenters. The van der Waals surface area contributed by atoms with Crippen molar-refractivity contribution in [3.63, 3.8) is 0 Å². The number of nitrogens with zero attached hydrogens (tertiary/aromatic N) is 1. The lowest BCUT2D eigenvalue weighted by Gasteiger charge is -2.34. The number of hydrogen-bond donors (Lipinski definition) is 2. The molecule has 6 nitrogen and oxygen atoms in total. The lowest BCUT2D eigenvalue weighted by atomic mass is 9.92. The third-order valence-corrected chi connectivity index (χ3v) is 3.75. The quantitative estimate of drug-likeness (QED) is 0.831. The van der Waals surface area contributed by atoms with Gasteiger partial charge in [0.25, 0.3) is 5.91 Å². The van der Waals surface area contributed by atoms with Crippen LogP contribution in [0.25, 0.3) is 0 Å². The molecule has 0 spiro atoms. The molecule has 1 fully saturated rings. The minimum atomic E-state index is -0.788. The third kappa shape index (κ3) is 3.90. The third-order valence-electron chi connectivity index (χ3n) is 3.75. The number of carbonyl (C=O) groups is 2. The monoisotopic (exact) mass is 307 g/mol. The SMILES string of the molecule is CC1CC(C)CN(C(=O)COC(=O)c2ccc(O)cc2O)C1. The van der Waals surface area contributed by atoms with E-state index in [-0.39, 0.29) is 29.6 Å². The molecule has 2 N–H and O–H groups in total. The zero-order valence-electron chi connectivity index (χ0n) is 12.8. The van der Waals surface area contributed by atoms with Crippen LogP contribution in [0.4, 0.5) is 0 Å². The van der Waals surface area contributed by atoms with Crippen LogP contribution in [0.2, 0.25) is 0 Å². The molecule has 0 aliphatic carbocycles. The summed E-state index contributed by atoms with van der Waals surface area (Å²) in [6.45, 7) is 5.18. The van der Waals surface area contributed by atoms with E-state index in [0.29, 0.717) is 24.9 Å². The van der Waals surface area contributed by atoms with Gasteiger partial charge in [0.15, 0.2) is 6.61 Å². The van der Waals surface area contributed by atoms with Crippen molar-refractivity contribution in [3.8, 4) is 11.5 Å². The van der Waals surface area contributed by atoms with Crippen LogP contribution in [0.5, 0.6) is 11.5 Å². The molecule has 22 heavy (non-hydrogen) atoms. The van der Waals surface area contributed by atoms with Crippen LogP contribution in [0.3, 0.4) is 0 Å². The number of hydrogen-bond acceptors (Lipinski definition) is 5. The summed E-state index contributed by atoms with van der Waals surface area (Å²) >= 11 is 0. The van der Waals surface area contributed by atoms with Crippen molar-refractivity contribution in [1.82, 2.24) is 4.90 Å². The van der Waals surface area contributed by atoms with Crippen LogP contribution in [-0.2, 0) is 9.53 Å². The van der Waals surface area contributed by atoms with E-state index in [4.69, 9.17) is 4.74 Å². The van der Waals surface area contributed by atoms with Crippen LogP contribution in [0, 0.1) is 11.8 Å². The van der Waals surface area contributed by atoms with Gasteiger partial charge in [0.1, 0.15) is 17.1 Å². The van der Waals surface area contributed by atoms with Gasteiger partial charge in [-0.15, -0.1) is 0 Å². The molecule has 0 radical (unpaired) electrons. The maximum Gasteiger partial charge on any atom is 0.342 e. The number of benzene rings is 1. The molecule has 120 valence electrons. The standard InChI is InChI=1S/C16H21NO5/c1-10-5-11(2)8-17(7-10)15(20)9-22-16(21)13-4-3-12(18)6-14(13)19/h3-4,6,10-11,18-19H,5,7-9H2,1-2H3. The number of amides is 1. The Morgan fingerprint density at radius 2 is 1.86 bits per heavy atom. The smallest absolute Gasteiger partial charge is 0.342 e. The average molecular weight is 307 g/mol. The zero-order valence-corrected chi connectivity index (χ0v) is 12.8. The summed E-state index contributed by atoms with van der Waals surface area (Å²) in [5, 5.41) is 18.8. The predicted octanol–water partition coefficient (Wildman–Crippen LogP) is 1.76. The number of likely N-dealkylation sites (tertiary alicyclic amines) is 1. The van der Waals surface area contributed by atoms with Crippen LogP contribution >= 0.6 is 0 Å². The molecular weight excluding hydrogens is 286 g/mol. The van der Waals surface area contributed by atoms with Gasteiger partial charge in [-0.1, -0.05) is 13.8 Å². The van der Waals surface area contributed by atoms with Gasteiger partial charge >= 0.3 is 5.97 Å². The summed E-state index contributed by atoms with van der Waals surface area (Å²) in [5.74, 6) is -0.679. The number of esters is 1.